The molecule has 0 aliphatic carbocycles. The van der Waals surface area contributed by atoms with E-state index in [0.29, 0.717) is 6.41 Å². The maximum Gasteiger partial charge on any atom is 0.209 e. The van der Waals surface area contributed by atoms with Crippen LogP contribution < -0.4 is 0 Å². The van der Waals surface area contributed by atoms with Gasteiger partial charge in [-0.1, -0.05) is 0 Å². The van der Waals surface area contributed by atoms with Gasteiger partial charge in [0.15, 0.2) is 9.84 Å². The van der Waals surface area contributed by atoms with Crippen molar-refractivity contribution in [1.29, 1.82) is 0 Å². The van der Waals surface area contributed by atoms with Gasteiger partial charge in [0.1, 0.15) is 0 Å². The fraction of sp³-hybridized carbons (Fsp3) is 0.833. The Labute approximate surface area is 77.4 Å². The van der Waals surface area contributed by atoms with Gasteiger partial charge in [-0.25, -0.2) is 8.42 Å². The van der Waals surface area contributed by atoms with Crippen molar-refractivity contribution in [3.05, 3.63) is 0 Å². The molecular formula is C6H12ClNO3S. The van der Waals surface area contributed by atoms with Crippen molar-refractivity contribution in [2.75, 3.05) is 31.0 Å². The minimum Gasteiger partial charge on any atom is -0.347 e. The molecule has 0 unspecified atom stereocenters. The van der Waals surface area contributed by atoms with Crippen LogP contribution in [0.5, 0.6) is 0 Å². The number of amides is 1. The fourth-order valence-corrected chi connectivity index (χ4v) is 2.27. The molecule has 0 N–H and O–H groups in total. The molecule has 0 saturated carbocycles. The first-order valence-corrected chi connectivity index (χ1v) is 5.79. The summed E-state index contributed by atoms with van der Waals surface area (Å²) in [4.78, 5) is 11.4. The largest absolute Gasteiger partial charge is 0.347 e. The Kier molecular flexibility index (Phi) is 5.24. The number of alkyl halides is 1. The van der Waals surface area contributed by atoms with Gasteiger partial charge in [-0.3, -0.25) is 4.79 Å². The molecule has 0 rings (SSSR count). The lowest BCUT2D eigenvalue weighted by Gasteiger charge is -2.09. The molecule has 0 aliphatic heterocycles. The summed E-state index contributed by atoms with van der Waals surface area (Å²) < 4.78 is 22.0. The molecule has 1 amide bonds. The second-order valence-corrected chi connectivity index (χ2v) is 5.11. The Morgan fingerprint density at radius 3 is 2.42 bits per heavy atom. The number of sulfone groups is 1. The first-order valence-electron chi connectivity index (χ1n) is 3.44. The smallest absolute Gasteiger partial charge is 0.209 e. The highest BCUT2D eigenvalue weighted by Crippen LogP contribution is 1.92. The molecule has 0 atom stereocenters. The molecule has 12 heavy (non-hydrogen) atoms. The zero-order valence-corrected chi connectivity index (χ0v) is 8.44. The lowest BCUT2D eigenvalue weighted by Crippen LogP contribution is -2.25. The molecule has 0 aromatic heterocycles. The molecule has 72 valence electrons. The van der Waals surface area contributed by atoms with E-state index in [0.717, 1.165) is 0 Å². The van der Waals surface area contributed by atoms with Crippen molar-refractivity contribution in [3.8, 4) is 0 Å². The van der Waals surface area contributed by atoms with Gasteiger partial charge in [0.25, 0.3) is 0 Å². The Morgan fingerprint density at radius 1 is 1.42 bits per heavy atom. The first-order chi connectivity index (χ1) is 5.52. The average Bonchev–Trinajstić information content (AvgIpc) is 2.00. The van der Waals surface area contributed by atoms with Crippen LogP contribution in [0.4, 0.5) is 0 Å². The van der Waals surface area contributed by atoms with Gasteiger partial charge in [-0.05, 0) is 0 Å². The molecule has 4 nitrogen and oxygen atoms in total. The molecule has 0 aliphatic rings. The van der Waals surface area contributed by atoms with Crippen molar-refractivity contribution in [3.63, 3.8) is 0 Å². The topological polar surface area (TPSA) is 54.5 Å². The standard InChI is InChI=1S/C6H12ClNO3S/c1-8(6-9)3-5-12(10,11)4-2-7/h6H,2-5H2,1H3. The van der Waals surface area contributed by atoms with Crippen molar-refractivity contribution in [1.82, 2.24) is 4.90 Å². The summed E-state index contributed by atoms with van der Waals surface area (Å²) in [5.74, 6) is 0.0589. The Hall–Kier alpha value is -0.290. The van der Waals surface area contributed by atoms with E-state index in [1.165, 1.54) is 11.9 Å². The van der Waals surface area contributed by atoms with Crippen LogP contribution in [0.1, 0.15) is 0 Å². The maximum atomic E-state index is 11.0. The van der Waals surface area contributed by atoms with Crippen LogP contribution in [0.3, 0.4) is 0 Å². The Bertz CT molecular complexity index is 227. The first kappa shape index (κ1) is 11.7. The maximum absolute atomic E-state index is 11.0. The highest BCUT2D eigenvalue weighted by Gasteiger charge is 2.10. The minimum atomic E-state index is -3.07. The van der Waals surface area contributed by atoms with Crippen molar-refractivity contribution >= 4 is 27.8 Å². The van der Waals surface area contributed by atoms with Crippen LogP contribution in [-0.2, 0) is 14.6 Å². The van der Waals surface area contributed by atoms with Crippen LogP contribution in [0, 0.1) is 0 Å². The van der Waals surface area contributed by atoms with Gasteiger partial charge in [0, 0.05) is 19.5 Å². The number of hydrogen-bond donors (Lipinski definition) is 0. The lowest BCUT2D eigenvalue weighted by molar-refractivity contribution is -0.116. The molecule has 0 saturated heterocycles. The summed E-state index contributed by atoms with van der Waals surface area (Å²) in [6.45, 7) is 0.225. The van der Waals surface area contributed by atoms with E-state index in [1.54, 1.807) is 0 Å². The highest BCUT2D eigenvalue weighted by molar-refractivity contribution is 7.91. The molecule has 6 heteroatoms. The predicted octanol–water partition coefficient (Wildman–Crippen LogP) is -0.272. The minimum absolute atomic E-state index is 0.0189. The Balaban J connectivity index is 3.84. The zero-order valence-electron chi connectivity index (χ0n) is 6.86. The van der Waals surface area contributed by atoms with Crippen molar-refractivity contribution in [2.45, 2.75) is 0 Å². The van der Waals surface area contributed by atoms with E-state index >= 15 is 0 Å². The predicted molar refractivity (Wildman–Crippen MR) is 48.1 cm³/mol. The van der Waals surface area contributed by atoms with Crippen LogP contribution in [0.2, 0.25) is 0 Å². The van der Waals surface area contributed by atoms with E-state index in [1.807, 2.05) is 0 Å². The van der Waals surface area contributed by atoms with Crippen LogP contribution in [-0.4, -0.2) is 50.7 Å². The number of halogens is 1. The van der Waals surface area contributed by atoms with Crippen LogP contribution in [0.15, 0.2) is 0 Å². The van der Waals surface area contributed by atoms with Gasteiger partial charge in [0.2, 0.25) is 6.41 Å². The van der Waals surface area contributed by atoms with E-state index in [2.05, 4.69) is 0 Å². The van der Waals surface area contributed by atoms with E-state index in [-0.39, 0.29) is 23.9 Å². The monoisotopic (exact) mass is 213 g/mol. The highest BCUT2D eigenvalue weighted by atomic mass is 35.5. The number of nitrogens with zero attached hydrogens (tertiary/aromatic N) is 1. The summed E-state index contributed by atoms with van der Waals surface area (Å²) in [5.41, 5.74) is 0. The third kappa shape index (κ3) is 5.37. The van der Waals surface area contributed by atoms with Gasteiger partial charge in [-0.15, -0.1) is 11.6 Å². The van der Waals surface area contributed by atoms with Gasteiger partial charge >= 0.3 is 0 Å². The zero-order chi connectivity index (χ0) is 9.61. The van der Waals surface area contributed by atoms with Crippen LogP contribution >= 0.6 is 11.6 Å². The van der Waals surface area contributed by atoms with Gasteiger partial charge in [0.05, 0.1) is 11.5 Å². The molecule has 0 aromatic rings. The third-order valence-corrected chi connectivity index (χ3v) is 3.37. The number of rotatable bonds is 6. The van der Waals surface area contributed by atoms with Gasteiger partial charge in [-0.2, -0.15) is 0 Å². The number of carbonyl (C=O) groups excluding carboxylic acids is 1. The summed E-state index contributed by atoms with van der Waals surface area (Å²) in [6, 6.07) is 0. The lowest BCUT2D eigenvalue weighted by atomic mass is 10.7. The summed E-state index contributed by atoms with van der Waals surface area (Å²) in [7, 11) is -1.54. The fourth-order valence-electron chi connectivity index (χ4n) is 0.555. The molecule has 0 aromatic carbocycles. The van der Waals surface area contributed by atoms with Crippen LogP contribution in [0.25, 0.3) is 0 Å². The average molecular weight is 214 g/mol. The molecule has 0 bridgehead atoms. The summed E-state index contributed by atoms with van der Waals surface area (Å²) in [5, 5.41) is 0. The Morgan fingerprint density at radius 2 is 2.00 bits per heavy atom. The SMILES string of the molecule is CN(C=O)CCS(=O)(=O)CCCl. The third-order valence-electron chi connectivity index (χ3n) is 1.32. The van der Waals surface area contributed by atoms with E-state index in [9.17, 15) is 13.2 Å². The van der Waals surface area contributed by atoms with Gasteiger partial charge < -0.3 is 4.90 Å². The number of carbonyl (C=O) groups is 1. The molecular weight excluding hydrogens is 202 g/mol. The second kappa shape index (κ2) is 5.37. The van der Waals surface area contributed by atoms with E-state index < -0.39 is 9.84 Å². The quantitative estimate of drug-likeness (QED) is 0.451. The molecule has 0 radical (unpaired) electrons. The summed E-state index contributed by atoms with van der Waals surface area (Å²) >= 11 is 5.27. The van der Waals surface area contributed by atoms with Crippen molar-refractivity contribution in [2.24, 2.45) is 0 Å². The van der Waals surface area contributed by atoms with Crippen molar-refractivity contribution < 1.29 is 13.2 Å². The molecule has 0 heterocycles. The second-order valence-electron chi connectivity index (χ2n) is 2.43. The molecule has 0 fully saturated rings. The normalized spacial score (nSPS) is 11.2. The number of hydrogen-bond acceptors (Lipinski definition) is 3. The molecule has 0 spiro atoms. The summed E-state index contributed by atoms with van der Waals surface area (Å²) in [6.07, 6.45) is 0.593. The van der Waals surface area contributed by atoms with E-state index in [4.69, 9.17) is 11.6 Å².